The molecule has 0 unspecified atom stereocenters. The number of H-pyrrole nitrogens is 1. The zero-order valence-electron chi connectivity index (χ0n) is 7.01. The Morgan fingerprint density at radius 3 is 2.31 bits per heavy atom. The van der Waals surface area contributed by atoms with Gasteiger partial charge in [-0.05, 0) is 26.1 Å². The van der Waals surface area contributed by atoms with E-state index in [1.54, 1.807) is 13.8 Å². The minimum absolute atomic E-state index is 0.0117. The Morgan fingerprint density at radius 1 is 1.46 bits per heavy atom. The summed E-state index contributed by atoms with van der Waals surface area (Å²) in [6.45, 7) is 3.22. The van der Waals surface area contributed by atoms with Crippen molar-refractivity contribution < 1.29 is 13.2 Å². The molecule has 0 aliphatic carbocycles. The lowest BCUT2D eigenvalue weighted by atomic mass is 10.4. The summed E-state index contributed by atoms with van der Waals surface area (Å²) in [4.78, 5) is 0. The summed E-state index contributed by atoms with van der Waals surface area (Å²) in [7, 11) is 0. The lowest BCUT2D eigenvalue weighted by Crippen LogP contribution is -2.16. The van der Waals surface area contributed by atoms with Crippen LogP contribution in [0.3, 0.4) is 0 Å². The van der Waals surface area contributed by atoms with Gasteiger partial charge < -0.3 is 0 Å². The van der Waals surface area contributed by atoms with Gasteiger partial charge >= 0.3 is 6.18 Å². The van der Waals surface area contributed by atoms with Crippen molar-refractivity contribution in [2.75, 3.05) is 0 Å². The van der Waals surface area contributed by atoms with Crippen LogP contribution >= 0.6 is 12.2 Å². The molecule has 1 aromatic heterocycles. The van der Waals surface area contributed by atoms with Crippen LogP contribution in [-0.4, -0.2) is 14.8 Å². The number of alkyl halides is 3. The van der Waals surface area contributed by atoms with Crippen molar-refractivity contribution in [1.29, 1.82) is 0 Å². The summed E-state index contributed by atoms with van der Waals surface area (Å²) < 4.78 is 37.7. The summed E-state index contributed by atoms with van der Waals surface area (Å²) in [5.41, 5.74) is 0. The molecule has 1 heterocycles. The van der Waals surface area contributed by atoms with Crippen LogP contribution in [0.5, 0.6) is 0 Å². The Kier molecular flexibility index (Phi) is 2.47. The molecule has 0 bridgehead atoms. The second-order valence-corrected chi connectivity index (χ2v) is 3.20. The van der Waals surface area contributed by atoms with Crippen molar-refractivity contribution in [2.45, 2.75) is 26.1 Å². The molecular formula is C6H8F3N3S. The number of rotatable bonds is 1. The molecule has 3 nitrogen and oxygen atoms in total. The van der Waals surface area contributed by atoms with Crippen LogP contribution in [0.15, 0.2) is 0 Å². The molecule has 0 spiro atoms. The molecule has 0 fully saturated rings. The van der Waals surface area contributed by atoms with Crippen LogP contribution in [0.25, 0.3) is 0 Å². The van der Waals surface area contributed by atoms with E-state index in [1.165, 1.54) is 0 Å². The maximum Gasteiger partial charge on any atom is 0.451 e. The fourth-order valence-electron chi connectivity index (χ4n) is 0.984. The summed E-state index contributed by atoms with van der Waals surface area (Å²) in [6, 6.07) is -0.358. The molecule has 0 aliphatic heterocycles. The van der Waals surface area contributed by atoms with Gasteiger partial charge in [0.25, 0.3) is 0 Å². The van der Waals surface area contributed by atoms with E-state index in [0.29, 0.717) is 0 Å². The topological polar surface area (TPSA) is 33.6 Å². The smallest absolute Gasteiger partial charge is 0.294 e. The van der Waals surface area contributed by atoms with E-state index in [9.17, 15) is 13.2 Å². The average molecular weight is 211 g/mol. The predicted octanol–water partition coefficient (Wildman–Crippen LogP) is 2.54. The summed E-state index contributed by atoms with van der Waals surface area (Å²) >= 11 is 4.66. The first-order valence-corrected chi connectivity index (χ1v) is 3.99. The van der Waals surface area contributed by atoms with E-state index < -0.39 is 12.0 Å². The average Bonchev–Trinajstić information content (AvgIpc) is 2.28. The van der Waals surface area contributed by atoms with Crippen molar-refractivity contribution in [3.05, 3.63) is 10.6 Å². The quantitative estimate of drug-likeness (QED) is 0.724. The second kappa shape index (κ2) is 3.13. The van der Waals surface area contributed by atoms with Gasteiger partial charge in [-0.2, -0.15) is 13.2 Å². The third-order valence-electron chi connectivity index (χ3n) is 1.47. The van der Waals surface area contributed by atoms with Crippen molar-refractivity contribution in [3.8, 4) is 0 Å². The third kappa shape index (κ3) is 1.90. The summed E-state index contributed by atoms with van der Waals surface area (Å²) in [5.74, 6) is -0.979. The normalized spacial score (nSPS) is 12.5. The van der Waals surface area contributed by atoms with Crippen LogP contribution in [0.2, 0.25) is 0 Å². The Labute approximate surface area is 77.6 Å². The van der Waals surface area contributed by atoms with Crippen molar-refractivity contribution in [2.24, 2.45) is 0 Å². The van der Waals surface area contributed by atoms with Gasteiger partial charge in [-0.25, -0.2) is 0 Å². The van der Waals surface area contributed by atoms with Crippen LogP contribution in [0, 0.1) is 4.77 Å². The minimum atomic E-state index is -4.46. The number of halogens is 3. The summed E-state index contributed by atoms with van der Waals surface area (Å²) in [5, 5.41) is 5.25. The van der Waals surface area contributed by atoms with E-state index >= 15 is 0 Å². The Bertz CT molecular complexity index is 349. The van der Waals surface area contributed by atoms with Gasteiger partial charge in [-0.1, -0.05) is 0 Å². The van der Waals surface area contributed by atoms with Crippen molar-refractivity contribution >= 4 is 12.2 Å². The maximum atomic E-state index is 12.3. The van der Waals surface area contributed by atoms with Crippen molar-refractivity contribution in [3.63, 3.8) is 0 Å². The second-order valence-electron chi connectivity index (χ2n) is 2.81. The Balaban J connectivity index is 3.32. The number of aromatic amines is 1. The van der Waals surface area contributed by atoms with Gasteiger partial charge in [0.05, 0.1) is 0 Å². The number of hydrogen-bond acceptors (Lipinski definition) is 2. The van der Waals surface area contributed by atoms with E-state index in [1.807, 2.05) is 0 Å². The van der Waals surface area contributed by atoms with Crippen LogP contribution in [-0.2, 0) is 6.18 Å². The molecule has 1 rings (SSSR count). The fraction of sp³-hybridized carbons (Fsp3) is 0.667. The summed E-state index contributed by atoms with van der Waals surface area (Å²) in [6.07, 6.45) is -4.46. The highest BCUT2D eigenvalue weighted by Gasteiger charge is 2.37. The first-order valence-electron chi connectivity index (χ1n) is 3.58. The highest BCUT2D eigenvalue weighted by Crippen LogP contribution is 2.29. The third-order valence-corrected chi connectivity index (χ3v) is 1.76. The molecule has 0 radical (unpaired) electrons. The lowest BCUT2D eigenvalue weighted by molar-refractivity contribution is -0.148. The molecule has 0 amide bonds. The Morgan fingerprint density at radius 2 is 2.00 bits per heavy atom. The molecule has 0 aliphatic rings. The Hall–Kier alpha value is -0.850. The molecule has 0 aromatic carbocycles. The SMILES string of the molecule is CC(C)n1c(C(F)(F)F)n[nH]c1=S. The first-order chi connectivity index (χ1) is 5.84. The number of nitrogens with one attached hydrogen (secondary N) is 1. The highest BCUT2D eigenvalue weighted by atomic mass is 32.1. The van der Waals surface area contributed by atoms with Gasteiger partial charge in [-0.3, -0.25) is 9.67 Å². The molecule has 0 saturated heterocycles. The minimum Gasteiger partial charge on any atom is -0.294 e. The predicted molar refractivity (Wildman–Crippen MR) is 42.8 cm³/mol. The van der Waals surface area contributed by atoms with Gasteiger partial charge in [0, 0.05) is 6.04 Å². The zero-order valence-corrected chi connectivity index (χ0v) is 7.83. The molecule has 0 atom stereocenters. The molecule has 1 N–H and O–H groups in total. The van der Waals surface area contributed by atoms with Crippen LogP contribution in [0.1, 0.15) is 25.7 Å². The van der Waals surface area contributed by atoms with Gasteiger partial charge in [0.2, 0.25) is 5.82 Å². The monoisotopic (exact) mass is 211 g/mol. The molecular weight excluding hydrogens is 203 g/mol. The largest absolute Gasteiger partial charge is 0.451 e. The van der Waals surface area contributed by atoms with Gasteiger partial charge in [-0.15, -0.1) is 5.10 Å². The molecule has 1 aromatic rings. The van der Waals surface area contributed by atoms with Crippen LogP contribution in [0.4, 0.5) is 13.2 Å². The number of nitrogens with zero attached hydrogens (tertiary/aromatic N) is 2. The van der Waals surface area contributed by atoms with E-state index in [4.69, 9.17) is 0 Å². The standard InChI is InChI=1S/C6H8F3N3S/c1-3(2)12-4(6(7,8)9)10-11-5(12)13/h3H,1-2H3,(H,11,13). The fourth-order valence-corrected chi connectivity index (χ4v) is 1.33. The van der Waals surface area contributed by atoms with E-state index in [-0.39, 0.29) is 10.8 Å². The highest BCUT2D eigenvalue weighted by molar-refractivity contribution is 7.71. The zero-order chi connectivity index (χ0) is 10.2. The molecule has 0 saturated carbocycles. The first kappa shape index (κ1) is 10.2. The van der Waals surface area contributed by atoms with Crippen LogP contribution < -0.4 is 0 Å². The van der Waals surface area contributed by atoms with Gasteiger partial charge in [0.15, 0.2) is 4.77 Å². The number of hydrogen-bond donors (Lipinski definition) is 1. The van der Waals surface area contributed by atoms with Crippen molar-refractivity contribution in [1.82, 2.24) is 14.8 Å². The molecule has 13 heavy (non-hydrogen) atoms. The lowest BCUT2D eigenvalue weighted by Gasteiger charge is -2.11. The van der Waals surface area contributed by atoms with Gasteiger partial charge in [0.1, 0.15) is 0 Å². The molecule has 7 heteroatoms. The van der Waals surface area contributed by atoms with E-state index in [2.05, 4.69) is 22.4 Å². The molecule has 74 valence electrons. The van der Waals surface area contributed by atoms with E-state index in [0.717, 1.165) is 4.57 Å². The number of aromatic nitrogens is 3. The maximum absolute atomic E-state index is 12.3.